The molecule has 1 fully saturated rings. The summed E-state index contributed by atoms with van der Waals surface area (Å²) in [6.45, 7) is 2.96. The van der Waals surface area contributed by atoms with Gasteiger partial charge in [0.2, 0.25) is 0 Å². The number of amides is 1. The fraction of sp³-hybridized carbons (Fsp3) is 0.261. The number of hydrogen-bond acceptors (Lipinski definition) is 4. The van der Waals surface area contributed by atoms with Crippen molar-refractivity contribution in [2.24, 2.45) is 0 Å². The number of rotatable bonds is 5. The summed E-state index contributed by atoms with van der Waals surface area (Å²) in [6.07, 6.45) is 4.07. The molecule has 6 heteroatoms. The fourth-order valence-corrected chi connectivity index (χ4v) is 3.62. The van der Waals surface area contributed by atoms with E-state index in [0.29, 0.717) is 30.2 Å². The van der Waals surface area contributed by atoms with Crippen LogP contribution in [0.2, 0.25) is 0 Å². The lowest BCUT2D eigenvalue weighted by atomic mass is 10.1. The number of nitrogens with zero attached hydrogens (tertiary/aromatic N) is 3. The van der Waals surface area contributed by atoms with Crippen LogP contribution in [0.5, 0.6) is 11.5 Å². The maximum Gasteiger partial charge on any atom is 0.254 e. The number of carbonyl (C=O) groups is 1. The molecule has 1 aromatic heterocycles. The topological polar surface area (TPSA) is 46.9 Å². The summed E-state index contributed by atoms with van der Waals surface area (Å²) in [5.74, 6) is 1.24. The Kier molecular flexibility index (Phi) is 5.42. The van der Waals surface area contributed by atoms with Gasteiger partial charge in [0.15, 0.2) is 0 Å². The van der Waals surface area contributed by atoms with E-state index < -0.39 is 0 Å². The lowest BCUT2D eigenvalue weighted by Crippen LogP contribution is -2.48. The minimum Gasteiger partial charge on any atom is -0.497 e. The molecule has 1 aliphatic rings. The van der Waals surface area contributed by atoms with E-state index in [4.69, 9.17) is 9.47 Å². The van der Waals surface area contributed by atoms with Crippen molar-refractivity contribution in [3.63, 3.8) is 0 Å². The summed E-state index contributed by atoms with van der Waals surface area (Å²) in [5.41, 5.74) is 2.90. The van der Waals surface area contributed by atoms with Gasteiger partial charge >= 0.3 is 0 Å². The van der Waals surface area contributed by atoms with Gasteiger partial charge in [0.25, 0.3) is 5.91 Å². The molecule has 0 spiro atoms. The number of hydrogen-bond donors (Lipinski definition) is 0. The molecule has 29 heavy (non-hydrogen) atoms. The SMILES string of the molecule is COc1cc(OC)cc(C(=O)N2CCN(c3ccc(-n4cccc4)cc3)CC2)c1. The second-order valence-electron chi connectivity index (χ2n) is 6.99. The third-order valence-electron chi connectivity index (χ3n) is 5.28. The summed E-state index contributed by atoms with van der Waals surface area (Å²) >= 11 is 0. The zero-order valence-electron chi connectivity index (χ0n) is 16.7. The number of ether oxygens (including phenoxy) is 2. The highest BCUT2D eigenvalue weighted by molar-refractivity contribution is 5.95. The van der Waals surface area contributed by atoms with Gasteiger partial charge in [-0.05, 0) is 48.5 Å². The van der Waals surface area contributed by atoms with Crippen LogP contribution in [0, 0.1) is 0 Å². The number of methoxy groups -OCH3 is 2. The van der Waals surface area contributed by atoms with Crippen LogP contribution in [0.25, 0.3) is 5.69 Å². The van der Waals surface area contributed by atoms with Crippen LogP contribution in [0.15, 0.2) is 67.0 Å². The van der Waals surface area contributed by atoms with Crippen LogP contribution in [0.4, 0.5) is 5.69 Å². The maximum atomic E-state index is 12.9. The number of piperazine rings is 1. The molecule has 150 valence electrons. The number of carbonyl (C=O) groups excluding carboxylic acids is 1. The molecule has 0 atom stereocenters. The summed E-state index contributed by atoms with van der Waals surface area (Å²) in [6, 6.07) is 17.8. The standard InChI is InChI=1S/C23H25N3O3/c1-28-21-15-18(16-22(17-21)29-2)23(27)26-13-11-25(12-14-26)20-7-5-19(6-8-20)24-9-3-4-10-24/h3-10,15-17H,11-14H2,1-2H3. The lowest BCUT2D eigenvalue weighted by Gasteiger charge is -2.36. The van der Waals surface area contributed by atoms with Crippen molar-refractivity contribution < 1.29 is 14.3 Å². The van der Waals surface area contributed by atoms with Gasteiger partial charge in [-0.1, -0.05) is 0 Å². The van der Waals surface area contributed by atoms with Gasteiger partial charge < -0.3 is 23.8 Å². The Labute approximate surface area is 170 Å². The van der Waals surface area contributed by atoms with Crippen molar-refractivity contribution in [3.8, 4) is 17.2 Å². The molecule has 0 saturated carbocycles. The fourth-order valence-electron chi connectivity index (χ4n) is 3.62. The van der Waals surface area contributed by atoms with E-state index in [1.165, 1.54) is 5.69 Å². The Hall–Kier alpha value is -3.41. The Balaban J connectivity index is 1.41. The Morgan fingerprint density at radius 1 is 0.793 bits per heavy atom. The van der Waals surface area contributed by atoms with Crippen molar-refractivity contribution in [2.45, 2.75) is 0 Å². The first-order valence-electron chi connectivity index (χ1n) is 9.68. The summed E-state index contributed by atoms with van der Waals surface area (Å²) in [7, 11) is 3.17. The number of aromatic nitrogens is 1. The predicted octanol–water partition coefficient (Wildman–Crippen LogP) is 3.46. The molecule has 0 unspecified atom stereocenters. The quantitative estimate of drug-likeness (QED) is 0.668. The molecule has 3 aromatic rings. The second-order valence-corrected chi connectivity index (χ2v) is 6.99. The second kappa shape index (κ2) is 8.31. The van der Waals surface area contributed by atoms with Crippen LogP contribution < -0.4 is 14.4 Å². The van der Waals surface area contributed by atoms with Gasteiger partial charge in [0, 0.05) is 61.6 Å². The zero-order chi connectivity index (χ0) is 20.2. The molecule has 1 aliphatic heterocycles. The summed E-state index contributed by atoms with van der Waals surface area (Å²) < 4.78 is 12.7. The first kappa shape index (κ1) is 18.9. The molecule has 0 aliphatic carbocycles. The predicted molar refractivity (Wildman–Crippen MR) is 113 cm³/mol. The smallest absolute Gasteiger partial charge is 0.254 e. The first-order chi connectivity index (χ1) is 14.2. The zero-order valence-corrected chi connectivity index (χ0v) is 16.7. The molecule has 6 nitrogen and oxygen atoms in total. The van der Waals surface area contributed by atoms with E-state index in [-0.39, 0.29) is 5.91 Å². The highest BCUT2D eigenvalue weighted by Crippen LogP contribution is 2.25. The molecule has 0 radical (unpaired) electrons. The Morgan fingerprint density at radius 2 is 1.34 bits per heavy atom. The van der Waals surface area contributed by atoms with Crippen LogP contribution in [0.1, 0.15) is 10.4 Å². The minimum atomic E-state index is 0.00445. The van der Waals surface area contributed by atoms with Crippen molar-refractivity contribution in [2.75, 3.05) is 45.3 Å². The average Bonchev–Trinajstić information content (AvgIpc) is 3.33. The summed E-state index contributed by atoms with van der Waals surface area (Å²) in [4.78, 5) is 17.2. The molecular formula is C23H25N3O3. The number of benzene rings is 2. The van der Waals surface area contributed by atoms with Crippen LogP contribution in [0.3, 0.4) is 0 Å². The molecule has 2 heterocycles. The molecule has 0 N–H and O–H groups in total. The van der Waals surface area contributed by atoms with E-state index in [0.717, 1.165) is 18.8 Å². The van der Waals surface area contributed by atoms with E-state index in [9.17, 15) is 4.79 Å². The molecule has 0 bridgehead atoms. The van der Waals surface area contributed by atoms with E-state index in [1.54, 1.807) is 32.4 Å². The highest BCUT2D eigenvalue weighted by Gasteiger charge is 2.23. The van der Waals surface area contributed by atoms with Crippen LogP contribution in [-0.2, 0) is 0 Å². The molecule has 1 saturated heterocycles. The summed E-state index contributed by atoms with van der Waals surface area (Å²) in [5, 5.41) is 0. The maximum absolute atomic E-state index is 12.9. The normalized spacial score (nSPS) is 14.0. The molecule has 2 aromatic carbocycles. The Bertz CT molecular complexity index is 937. The van der Waals surface area contributed by atoms with Crippen LogP contribution >= 0.6 is 0 Å². The van der Waals surface area contributed by atoms with Gasteiger partial charge in [-0.25, -0.2) is 0 Å². The van der Waals surface area contributed by atoms with Crippen molar-refractivity contribution in [1.29, 1.82) is 0 Å². The third-order valence-corrected chi connectivity index (χ3v) is 5.28. The highest BCUT2D eigenvalue weighted by atomic mass is 16.5. The minimum absolute atomic E-state index is 0.00445. The Morgan fingerprint density at radius 3 is 1.90 bits per heavy atom. The largest absolute Gasteiger partial charge is 0.497 e. The van der Waals surface area contributed by atoms with Crippen LogP contribution in [-0.4, -0.2) is 55.8 Å². The van der Waals surface area contributed by atoms with Crippen molar-refractivity contribution in [3.05, 3.63) is 72.6 Å². The molecule has 4 rings (SSSR count). The van der Waals surface area contributed by atoms with Gasteiger partial charge in [-0.2, -0.15) is 0 Å². The van der Waals surface area contributed by atoms with E-state index in [1.807, 2.05) is 29.4 Å². The van der Waals surface area contributed by atoms with Crippen molar-refractivity contribution in [1.82, 2.24) is 9.47 Å². The van der Waals surface area contributed by atoms with Gasteiger partial charge in [0.1, 0.15) is 11.5 Å². The lowest BCUT2D eigenvalue weighted by molar-refractivity contribution is 0.0746. The van der Waals surface area contributed by atoms with E-state index >= 15 is 0 Å². The molecular weight excluding hydrogens is 366 g/mol. The molecule has 1 amide bonds. The van der Waals surface area contributed by atoms with Gasteiger partial charge in [-0.3, -0.25) is 4.79 Å². The third kappa shape index (κ3) is 4.06. The first-order valence-corrected chi connectivity index (χ1v) is 9.68. The monoisotopic (exact) mass is 391 g/mol. The van der Waals surface area contributed by atoms with Gasteiger partial charge in [0.05, 0.1) is 14.2 Å². The van der Waals surface area contributed by atoms with E-state index in [2.05, 4.69) is 33.7 Å². The van der Waals surface area contributed by atoms with Gasteiger partial charge in [-0.15, -0.1) is 0 Å². The van der Waals surface area contributed by atoms with Crippen molar-refractivity contribution >= 4 is 11.6 Å². The number of anilines is 1. The average molecular weight is 391 g/mol.